The lowest BCUT2D eigenvalue weighted by Crippen LogP contribution is -2.45. The van der Waals surface area contributed by atoms with Crippen LogP contribution in [-0.2, 0) is 22.4 Å². The molecule has 0 radical (unpaired) electrons. The first kappa shape index (κ1) is 26.4. The van der Waals surface area contributed by atoms with E-state index in [0.29, 0.717) is 22.4 Å². The molecule has 2 aromatic carbocycles. The highest BCUT2D eigenvalue weighted by molar-refractivity contribution is 5.87. The number of ether oxygens (including phenoxy) is 1. The van der Waals surface area contributed by atoms with Crippen molar-refractivity contribution in [3.63, 3.8) is 0 Å². The number of esters is 1. The molecule has 39 heavy (non-hydrogen) atoms. The van der Waals surface area contributed by atoms with Crippen molar-refractivity contribution in [2.24, 2.45) is 0 Å². The van der Waals surface area contributed by atoms with Gasteiger partial charge in [0, 0.05) is 29.2 Å². The van der Waals surface area contributed by atoms with Crippen molar-refractivity contribution in [1.82, 2.24) is 15.4 Å². The number of anilines is 3. The zero-order chi connectivity index (χ0) is 27.6. The number of aromatic nitrogens is 2. The van der Waals surface area contributed by atoms with Crippen molar-refractivity contribution >= 4 is 29.5 Å². The van der Waals surface area contributed by atoms with E-state index in [0.717, 1.165) is 31.0 Å². The molecule has 1 aliphatic carbocycles. The number of nitrogens with zero attached hydrogens (tertiary/aromatic N) is 3. The lowest BCUT2D eigenvalue weighted by atomic mass is 10.0. The average molecular weight is 536 g/mol. The van der Waals surface area contributed by atoms with Crippen molar-refractivity contribution in [1.29, 1.82) is 0 Å². The van der Waals surface area contributed by atoms with Gasteiger partial charge in [0.25, 0.3) is 0 Å². The summed E-state index contributed by atoms with van der Waals surface area (Å²) in [6.07, 6.45) is 4.38. The van der Waals surface area contributed by atoms with Crippen LogP contribution in [0.3, 0.4) is 0 Å². The molecule has 0 spiro atoms. The quantitative estimate of drug-likeness (QED) is 0.279. The summed E-state index contributed by atoms with van der Waals surface area (Å²) in [5.74, 6) is 0.0601. The van der Waals surface area contributed by atoms with E-state index in [-0.39, 0.29) is 18.4 Å². The van der Waals surface area contributed by atoms with E-state index >= 15 is 0 Å². The molecule has 5 rings (SSSR count). The Hall–Kier alpha value is -4.18. The van der Waals surface area contributed by atoms with E-state index in [1.165, 1.54) is 22.2 Å². The van der Waals surface area contributed by atoms with Gasteiger partial charge < -0.3 is 10.1 Å². The molecule has 3 aromatic rings. The Balaban J connectivity index is 1.51. The topological polar surface area (TPSA) is 79.4 Å². The average Bonchev–Trinajstić information content (AvgIpc) is 3.54. The maximum atomic E-state index is 13.6. The van der Waals surface area contributed by atoms with E-state index in [1.807, 2.05) is 24.3 Å². The number of allylic oxidation sites excluding steroid dienone is 1. The summed E-state index contributed by atoms with van der Waals surface area (Å²) in [5.41, 5.74) is 8.20. The fraction of sp³-hybridized carbons (Fsp3) is 0.276. The number of hydrazine groups is 1. The predicted molar refractivity (Wildman–Crippen MR) is 144 cm³/mol. The minimum atomic E-state index is -4.47. The molecule has 2 heterocycles. The Bertz CT molecular complexity index is 1450. The lowest BCUT2D eigenvalue weighted by Gasteiger charge is -2.25. The molecule has 1 aromatic heterocycles. The van der Waals surface area contributed by atoms with Gasteiger partial charge in [0.2, 0.25) is 5.95 Å². The van der Waals surface area contributed by atoms with Crippen molar-refractivity contribution < 1.29 is 22.7 Å². The molecule has 2 aliphatic rings. The maximum Gasteiger partial charge on any atom is 0.409 e. The molecule has 1 atom stereocenters. The van der Waals surface area contributed by atoms with Crippen LogP contribution < -0.4 is 15.8 Å². The molecular weight excluding hydrogens is 507 g/mol. The predicted octanol–water partition coefficient (Wildman–Crippen LogP) is 6.11. The summed E-state index contributed by atoms with van der Waals surface area (Å²) in [7, 11) is 0. The molecule has 202 valence electrons. The molecule has 1 unspecified atom stereocenters. The molecule has 0 saturated heterocycles. The number of benzene rings is 2. The molecule has 0 saturated carbocycles. The zero-order valence-electron chi connectivity index (χ0n) is 21.5. The van der Waals surface area contributed by atoms with Gasteiger partial charge in [-0.2, -0.15) is 18.2 Å². The molecule has 1 aliphatic heterocycles. The number of carbonyl (C=O) groups excluding carboxylic acids is 1. The molecule has 0 amide bonds. The van der Waals surface area contributed by atoms with Gasteiger partial charge in [-0.15, -0.1) is 0 Å². The number of nitrogens with one attached hydrogen (secondary N) is 2. The summed E-state index contributed by atoms with van der Waals surface area (Å²) in [6, 6.07) is 11.5. The van der Waals surface area contributed by atoms with Crippen molar-refractivity contribution in [2.75, 3.05) is 16.9 Å². The van der Waals surface area contributed by atoms with Gasteiger partial charge in [-0.1, -0.05) is 24.3 Å². The van der Waals surface area contributed by atoms with Crippen molar-refractivity contribution in [3.05, 3.63) is 83.2 Å². The third-order valence-electron chi connectivity index (χ3n) is 6.61. The Morgan fingerprint density at radius 2 is 2.03 bits per heavy atom. The minimum absolute atomic E-state index is 0.259. The number of carbonyl (C=O) groups is 1. The monoisotopic (exact) mass is 535 g/mol. The second-order valence-corrected chi connectivity index (χ2v) is 9.40. The van der Waals surface area contributed by atoms with Crippen LogP contribution in [0.2, 0.25) is 0 Å². The van der Waals surface area contributed by atoms with Gasteiger partial charge in [0.05, 0.1) is 6.61 Å². The first-order chi connectivity index (χ1) is 18.7. The molecular formula is C29H28F3N5O2. The highest BCUT2D eigenvalue weighted by Gasteiger charge is 2.43. The Kier molecular flexibility index (Phi) is 7.38. The van der Waals surface area contributed by atoms with E-state index in [4.69, 9.17) is 4.74 Å². The van der Waals surface area contributed by atoms with E-state index in [1.54, 1.807) is 32.2 Å². The molecule has 2 N–H and O–H groups in total. The number of aryl methyl sites for hydroxylation is 2. The third-order valence-corrected chi connectivity index (χ3v) is 6.61. The summed E-state index contributed by atoms with van der Waals surface area (Å²) in [4.78, 5) is 20.9. The van der Waals surface area contributed by atoms with Crippen LogP contribution in [-0.4, -0.2) is 34.8 Å². The van der Waals surface area contributed by atoms with Gasteiger partial charge in [-0.25, -0.2) is 15.2 Å². The lowest BCUT2D eigenvalue weighted by molar-refractivity contribution is -0.143. The summed E-state index contributed by atoms with van der Waals surface area (Å²) >= 11 is 0. The van der Waals surface area contributed by atoms with Crippen LogP contribution in [0.5, 0.6) is 0 Å². The zero-order valence-corrected chi connectivity index (χ0v) is 21.5. The standard InChI is InChI=1S/C29H28F3N5O2/c1-3-39-26(38)13-10-19-6-4-9-22(15-19)24-17-33-28(34-23-12-11-20-7-5-8-21(20)16-23)35-27(24)37-18(2)14-25(36-37)29(30,31)32/h4,6,9-17,25,36H,3,5,7-8H2,1-2H3,(H,33,34,35)/b13-10+. The number of alkyl halides is 3. The van der Waals surface area contributed by atoms with Crippen LogP contribution in [0.25, 0.3) is 17.2 Å². The Morgan fingerprint density at radius 3 is 2.79 bits per heavy atom. The smallest absolute Gasteiger partial charge is 0.409 e. The first-order valence-corrected chi connectivity index (χ1v) is 12.7. The largest absolute Gasteiger partial charge is 0.463 e. The van der Waals surface area contributed by atoms with Crippen LogP contribution in [0.1, 0.15) is 37.0 Å². The van der Waals surface area contributed by atoms with Crippen LogP contribution in [0.4, 0.5) is 30.6 Å². The highest BCUT2D eigenvalue weighted by Crippen LogP contribution is 2.36. The summed E-state index contributed by atoms with van der Waals surface area (Å²) in [6.45, 7) is 3.59. The Morgan fingerprint density at radius 1 is 1.21 bits per heavy atom. The van der Waals surface area contributed by atoms with Crippen LogP contribution >= 0.6 is 0 Å². The number of rotatable bonds is 7. The number of hydrogen-bond donors (Lipinski definition) is 2. The SMILES string of the molecule is CCOC(=O)/C=C/c1cccc(-c2cnc(Nc3ccc4c(c3)CCC4)nc2N2NC(C(F)(F)F)C=C2C)c1. The van der Waals surface area contributed by atoms with Crippen LogP contribution in [0.15, 0.2) is 66.5 Å². The van der Waals surface area contributed by atoms with E-state index < -0.39 is 18.2 Å². The second-order valence-electron chi connectivity index (χ2n) is 9.40. The van der Waals surface area contributed by atoms with E-state index in [9.17, 15) is 18.0 Å². The molecule has 7 nitrogen and oxygen atoms in total. The second kappa shape index (κ2) is 10.9. The van der Waals surface area contributed by atoms with Gasteiger partial charge >= 0.3 is 12.1 Å². The summed E-state index contributed by atoms with van der Waals surface area (Å²) < 4.78 is 45.6. The highest BCUT2D eigenvalue weighted by atomic mass is 19.4. The normalized spacial score (nSPS) is 16.9. The third kappa shape index (κ3) is 5.96. The maximum absolute atomic E-state index is 13.6. The van der Waals surface area contributed by atoms with Crippen molar-refractivity contribution in [3.8, 4) is 11.1 Å². The fourth-order valence-corrected chi connectivity index (χ4v) is 4.74. The van der Waals surface area contributed by atoms with E-state index in [2.05, 4.69) is 32.8 Å². The van der Waals surface area contributed by atoms with Gasteiger partial charge in [-0.3, -0.25) is 5.01 Å². The Labute approximate surface area is 224 Å². The number of hydrogen-bond acceptors (Lipinski definition) is 7. The number of fused-ring (bicyclic) bond motifs is 1. The van der Waals surface area contributed by atoms with Gasteiger partial charge in [0.1, 0.15) is 6.04 Å². The van der Waals surface area contributed by atoms with Crippen LogP contribution in [0, 0.1) is 0 Å². The molecule has 0 fully saturated rings. The first-order valence-electron chi connectivity index (χ1n) is 12.7. The van der Waals surface area contributed by atoms with Gasteiger partial charge in [0.15, 0.2) is 5.82 Å². The fourth-order valence-electron chi connectivity index (χ4n) is 4.74. The molecule has 10 heteroatoms. The molecule has 0 bridgehead atoms. The number of halogens is 3. The van der Waals surface area contributed by atoms with Gasteiger partial charge in [-0.05, 0) is 85.7 Å². The van der Waals surface area contributed by atoms with Crippen molar-refractivity contribution in [2.45, 2.75) is 45.3 Å². The minimum Gasteiger partial charge on any atom is -0.463 e. The summed E-state index contributed by atoms with van der Waals surface area (Å²) in [5, 5.41) is 4.55.